The van der Waals surface area contributed by atoms with Crippen molar-refractivity contribution in [3.05, 3.63) is 0 Å². The third kappa shape index (κ3) is 2.66. The van der Waals surface area contributed by atoms with E-state index in [2.05, 4.69) is 9.44 Å². The van der Waals surface area contributed by atoms with Crippen molar-refractivity contribution in [3.8, 4) is 0 Å². The highest BCUT2D eigenvalue weighted by Crippen LogP contribution is 2.43. The maximum Gasteiger partial charge on any atom is 0.277 e. The minimum atomic E-state index is -3.28. The van der Waals surface area contributed by atoms with Crippen LogP contribution >= 0.6 is 0 Å². The molecule has 0 atom stereocenters. The van der Waals surface area contributed by atoms with Gasteiger partial charge in [-0.05, 0) is 37.6 Å². The molecule has 2 saturated carbocycles. The summed E-state index contributed by atoms with van der Waals surface area (Å²) in [6, 6.07) is 0.167. The average molecular weight is 219 g/mol. The first kappa shape index (κ1) is 10.4. The Hall–Kier alpha value is -0.170. The molecular formula is C8H17N3O2S. The van der Waals surface area contributed by atoms with E-state index in [1.54, 1.807) is 0 Å². The van der Waals surface area contributed by atoms with Gasteiger partial charge in [0.25, 0.3) is 10.2 Å². The first-order chi connectivity index (χ1) is 6.55. The molecule has 0 amide bonds. The van der Waals surface area contributed by atoms with E-state index in [4.69, 9.17) is 5.73 Å². The molecule has 2 fully saturated rings. The van der Waals surface area contributed by atoms with Crippen molar-refractivity contribution >= 4 is 10.2 Å². The molecule has 0 aromatic carbocycles. The maximum absolute atomic E-state index is 11.4. The molecule has 0 spiro atoms. The van der Waals surface area contributed by atoms with Crippen LogP contribution in [0.1, 0.15) is 25.7 Å². The number of hydrogen-bond acceptors (Lipinski definition) is 3. The van der Waals surface area contributed by atoms with Crippen molar-refractivity contribution < 1.29 is 8.42 Å². The molecule has 6 heteroatoms. The molecular weight excluding hydrogens is 202 g/mol. The molecule has 0 saturated heterocycles. The minimum absolute atomic E-state index is 0.0539. The lowest BCUT2D eigenvalue weighted by molar-refractivity contribution is 0.495. The summed E-state index contributed by atoms with van der Waals surface area (Å²) in [6.07, 6.45) is 4.00. The molecule has 0 aromatic rings. The van der Waals surface area contributed by atoms with E-state index in [0.717, 1.165) is 25.7 Å². The topological polar surface area (TPSA) is 84.2 Å². The van der Waals surface area contributed by atoms with Crippen molar-refractivity contribution in [1.29, 1.82) is 0 Å². The van der Waals surface area contributed by atoms with Crippen LogP contribution in [0.2, 0.25) is 0 Å². The molecule has 0 bridgehead atoms. The highest BCUT2D eigenvalue weighted by atomic mass is 32.2. The van der Waals surface area contributed by atoms with Gasteiger partial charge in [0.05, 0.1) is 0 Å². The van der Waals surface area contributed by atoms with Gasteiger partial charge in [-0.3, -0.25) is 0 Å². The van der Waals surface area contributed by atoms with E-state index >= 15 is 0 Å². The highest BCUT2D eigenvalue weighted by Gasteiger charge is 2.42. The van der Waals surface area contributed by atoms with Crippen molar-refractivity contribution in [1.82, 2.24) is 9.44 Å². The van der Waals surface area contributed by atoms with Crippen LogP contribution in [-0.4, -0.2) is 27.5 Å². The number of nitrogens with two attached hydrogens (primary N) is 1. The summed E-state index contributed by atoms with van der Waals surface area (Å²) < 4.78 is 28.0. The molecule has 0 heterocycles. The van der Waals surface area contributed by atoms with Gasteiger partial charge in [-0.1, -0.05) is 0 Å². The lowest BCUT2D eigenvalue weighted by Gasteiger charge is -2.13. The van der Waals surface area contributed by atoms with Gasteiger partial charge in [-0.25, -0.2) is 4.72 Å². The molecule has 5 nitrogen and oxygen atoms in total. The van der Waals surface area contributed by atoms with Crippen LogP contribution in [0, 0.1) is 5.41 Å². The van der Waals surface area contributed by atoms with Gasteiger partial charge in [0.2, 0.25) is 0 Å². The predicted molar refractivity (Wildman–Crippen MR) is 53.8 cm³/mol. The zero-order valence-corrected chi connectivity index (χ0v) is 8.94. The number of nitrogens with one attached hydrogen (secondary N) is 2. The van der Waals surface area contributed by atoms with Gasteiger partial charge in [0.15, 0.2) is 0 Å². The monoisotopic (exact) mass is 219 g/mol. The first-order valence-electron chi connectivity index (χ1n) is 5.02. The maximum atomic E-state index is 11.4. The van der Waals surface area contributed by atoms with E-state index in [1.807, 2.05) is 0 Å². The first-order valence-corrected chi connectivity index (χ1v) is 6.51. The van der Waals surface area contributed by atoms with Gasteiger partial charge in [0.1, 0.15) is 0 Å². The van der Waals surface area contributed by atoms with Gasteiger partial charge >= 0.3 is 0 Å². The predicted octanol–water partition coefficient (Wildman–Crippen LogP) is -0.688. The second kappa shape index (κ2) is 3.44. The molecule has 0 radical (unpaired) electrons. The Morgan fingerprint density at radius 3 is 2.43 bits per heavy atom. The third-order valence-corrected chi connectivity index (χ3v) is 4.09. The van der Waals surface area contributed by atoms with Crippen LogP contribution in [0.5, 0.6) is 0 Å². The molecule has 2 aliphatic carbocycles. The summed E-state index contributed by atoms with van der Waals surface area (Å²) in [5.41, 5.74) is 5.61. The average Bonchev–Trinajstić information content (AvgIpc) is 2.96. The summed E-state index contributed by atoms with van der Waals surface area (Å²) in [5.74, 6) is 0. The van der Waals surface area contributed by atoms with Gasteiger partial charge in [-0.15, -0.1) is 0 Å². The molecule has 0 aromatic heterocycles. The van der Waals surface area contributed by atoms with Crippen LogP contribution in [0.3, 0.4) is 0 Å². The van der Waals surface area contributed by atoms with Crippen molar-refractivity contribution in [3.63, 3.8) is 0 Å². The molecule has 14 heavy (non-hydrogen) atoms. The van der Waals surface area contributed by atoms with Crippen LogP contribution in [-0.2, 0) is 10.2 Å². The molecule has 0 aliphatic heterocycles. The van der Waals surface area contributed by atoms with E-state index in [0.29, 0.717) is 13.1 Å². The smallest absolute Gasteiger partial charge is 0.277 e. The third-order valence-electron chi connectivity index (χ3n) is 2.93. The van der Waals surface area contributed by atoms with Crippen LogP contribution in [0.25, 0.3) is 0 Å². The van der Waals surface area contributed by atoms with E-state index in [9.17, 15) is 8.42 Å². The lowest BCUT2D eigenvalue weighted by atomic mass is 10.1. The molecule has 0 unspecified atom stereocenters. The van der Waals surface area contributed by atoms with Crippen LogP contribution in [0.15, 0.2) is 0 Å². The summed E-state index contributed by atoms with van der Waals surface area (Å²) >= 11 is 0. The van der Waals surface area contributed by atoms with Gasteiger partial charge < -0.3 is 5.73 Å². The van der Waals surface area contributed by atoms with Crippen molar-refractivity contribution in [2.24, 2.45) is 11.1 Å². The Labute approximate surface area is 84.6 Å². The fourth-order valence-electron chi connectivity index (χ4n) is 1.34. The summed E-state index contributed by atoms with van der Waals surface area (Å²) in [4.78, 5) is 0. The van der Waals surface area contributed by atoms with Crippen molar-refractivity contribution in [2.75, 3.05) is 13.1 Å². The lowest BCUT2D eigenvalue weighted by Crippen LogP contribution is -2.41. The largest absolute Gasteiger partial charge is 0.330 e. The van der Waals surface area contributed by atoms with Crippen LogP contribution in [0.4, 0.5) is 0 Å². The Bertz CT molecular complexity index is 307. The Morgan fingerprint density at radius 1 is 1.36 bits per heavy atom. The SMILES string of the molecule is NCC1(CNS(=O)(=O)NC2CC2)CC1. The fraction of sp³-hybridized carbons (Fsp3) is 1.00. The molecule has 4 N–H and O–H groups in total. The zero-order valence-electron chi connectivity index (χ0n) is 8.12. The van der Waals surface area contributed by atoms with E-state index in [-0.39, 0.29) is 11.5 Å². The minimum Gasteiger partial charge on any atom is -0.330 e. The normalized spacial score (nSPS) is 24.9. The molecule has 82 valence electrons. The second-order valence-electron chi connectivity index (χ2n) is 4.42. The van der Waals surface area contributed by atoms with E-state index in [1.165, 1.54) is 0 Å². The van der Waals surface area contributed by atoms with Gasteiger partial charge in [-0.2, -0.15) is 13.1 Å². The number of rotatable bonds is 6. The summed E-state index contributed by atoms with van der Waals surface area (Å²) in [6.45, 7) is 1.05. The van der Waals surface area contributed by atoms with Gasteiger partial charge in [0, 0.05) is 12.6 Å². The Kier molecular flexibility index (Phi) is 2.55. The summed E-state index contributed by atoms with van der Waals surface area (Å²) in [5, 5.41) is 0. The second-order valence-corrected chi connectivity index (χ2v) is 5.95. The fourth-order valence-corrected chi connectivity index (χ4v) is 2.59. The standard InChI is InChI=1S/C8H17N3O2S/c9-5-8(3-4-8)6-10-14(12,13)11-7-1-2-7/h7,10-11H,1-6,9H2. The Morgan fingerprint density at radius 2 is 2.00 bits per heavy atom. The highest BCUT2D eigenvalue weighted by molar-refractivity contribution is 7.87. The van der Waals surface area contributed by atoms with Crippen LogP contribution < -0.4 is 15.2 Å². The molecule has 2 aliphatic rings. The Balaban J connectivity index is 1.78. The quantitative estimate of drug-likeness (QED) is 0.553. The summed E-state index contributed by atoms with van der Waals surface area (Å²) in [7, 11) is -3.28. The zero-order chi connectivity index (χ0) is 10.2. The van der Waals surface area contributed by atoms with E-state index < -0.39 is 10.2 Å². The van der Waals surface area contributed by atoms with Crippen molar-refractivity contribution in [2.45, 2.75) is 31.7 Å². The molecule has 2 rings (SSSR count). The number of hydrogen-bond donors (Lipinski definition) is 3.